The molecule has 0 spiro atoms. The molecule has 1 saturated heterocycles. The van der Waals surface area contributed by atoms with Crippen LogP contribution in [0.1, 0.15) is 5.56 Å². The maximum atomic E-state index is 15.1. The monoisotopic (exact) mass is 461 g/mol. The number of ether oxygens (including phenoxy) is 3. The van der Waals surface area contributed by atoms with Gasteiger partial charge in [-0.3, -0.25) is 4.98 Å². The van der Waals surface area contributed by atoms with Gasteiger partial charge in [-0.15, -0.1) is 0 Å². The molecule has 4 rings (SSSR count). The minimum absolute atomic E-state index is 0.0166. The second-order valence-electron chi connectivity index (χ2n) is 7.27. The average Bonchev–Trinajstić information content (AvgIpc) is 3.24. The number of aromatic nitrogens is 2. The lowest BCUT2D eigenvalue weighted by atomic mass is 10.1. The molecule has 32 heavy (non-hydrogen) atoms. The first kappa shape index (κ1) is 22.4. The smallest absolute Gasteiger partial charge is 0.269 e. The summed E-state index contributed by atoms with van der Waals surface area (Å²) in [6, 6.07) is 9.00. The zero-order valence-corrected chi connectivity index (χ0v) is 18.3. The van der Waals surface area contributed by atoms with Crippen LogP contribution in [0.2, 0.25) is 0 Å². The summed E-state index contributed by atoms with van der Waals surface area (Å²) in [5.74, 6) is -0.274. The number of hydrogen-bond donors (Lipinski definition) is 1. The Morgan fingerprint density at radius 1 is 1.28 bits per heavy atom. The van der Waals surface area contributed by atoms with Gasteiger partial charge in [-0.25, -0.2) is 16.8 Å². The lowest BCUT2D eigenvalue weighted by Gasteiger charge is -2.23. The Kier molecular flexibility index (Phi) is 6.85. The van der Waals surface area contributed by atoms with E-state index >= 15 is 4.39 Å². The zero-order valence-electron chi connectivity index (χ0n) is 17.5. The van der Waals surface area contributed by atoms with Gasteiger partial charge in [0.1, 0.15) is 29.2 Å². The highest BCUT2D eigenvalue weighted by Gasteiger charge is 2.24. The fourth-order valence-electron chi connectivity index (χ4n) is 3.42. The van der Waals surface area contributed by atoms with Crippen LogP contribution in [0, 0.1) is 5.82 Å². The predicted octanol–water partition coefficient (Wildman–Crippen LogP) is 2.44. The van der Waals surface area contributed by atoms with Gasteiger partial charge in [0.25, 0.3) is 10.0 Å². The minimum atomic E-state index is -3.97. The molecular weight excluding hydrogens is 437 g/mol. The highest BCUT2D eigenvalue weighted by molar-refractivity contribution is 7.90. The number of nitrogens with zero attached hydrogens (tertiary/aromatic N) is 2. The maximum Gasteiger partial charge on any atom is 0.269 e. The van der Waals surface area contributed by atoms with E-state index in [2.05, 4.69) is 10.3 Å². The van der Waals surface area contributed by atoms with Crippen LogP contribution in [-0.4, -0.2) is 57.0 Å². The van der Waals surface area contributed by atoms with Crippen molar-refractivity contribution < 1.29 is 27.0 Å². The summed E-state index contributed by atoms with van der Waals surface area (Å²) in [5.41, 5.74) is 1.06. The van der Waals surface area contributed by atoms with Crippen molar-refractivity contribution in [3.05, 3.63) is 66.4 Å². The molecule has 1 aliphatic heterocycles. The average molecular weight is 462 g/mol. The quantitative estimate of drug-likeness (QED) is 0.551. The third-order valence-electron chi connectivity index (χ3n) is 4.95. The minimum Gasteiger partial charge on any atom is -0.491 e. The molecule has 1 aromatic carbocycles. The fraction of sp³-hybridized carbons (Fsp3) is 0.318. The molecule has 0 amide bonds. The molecule has 3 heterocycles. The first-order valence-corrected chi connectivity index (χ1v) is 11.6. The molecule has 1 N–H and O–H groups in total. The Morgan fingerprint density at radius 2 is 2.16 bits per heavy atom. The van der Waals surface area contributed by atoms with Gasteiger partial charge >= 0.3 is 0 Å². The molecule has 0 saturated carbocycles. The van der Waals surface area contributed by atoms with E-state index in [1.165, 1.54) is 36.8 Å². The van der Waals surface area contributed by atoms with E-state index < -0.39 is 15.8 Å². The SMILES string of the molecule is CNCc1cc(-c2ccc(OCC3COCCO3)cc2F)n(S(=O)(=O)c2cccnc2)c1. The van der Waals surface area contributed by atoms with Gasteiger partial charge in [0.2, 0.25) is 0 Å². The van der Waals surface area contributed by atoms with Crippen LogP contribution >= 0.6 is 0 Å². The van der Waals surface area contributed by atoms with Crippen molar-refractivity contribution in [2.75, 3.05) is 33.5 Å². The summed E-state index contributed by atoms with van der Waals surface area (Å²) in [6.07, 6.45) is 4.03. The number of hydrogen-bond acceptors (Lipinski definition) is 7. The highest BCUT2D eigenvalue weighted by atomic mass is 32.2. The van der Waals surface area contributed by atoms with Crippen molar-refractivity contribution in [2.45, 2.75) is 17.5 Å². The zero-order chi connectivity index (χ0) is 22.6. The molecule has 1 aliphatic rings. The second kappa shape index (κ2) is 9.78. The van der Waals surface area contributed by atoms with Crippen molar-refractivity contribution in [1.29, 1.82) is 0 Å². The van der Waals surface area contributed by atoms with Gasteiger partial charge in [0.15, 0.2) is 0 Å². The Hall–Kier alpha value is -2.79. The third kappa shape index (κ3) is 4.83. The second-order valence-corrected chi connectivity index (χ2v) is 9.09. The molecule has 10 heteroatoms. The van der Waals surface area contributed by atoms with Crippen molar-refractivity contribution >= 4 is 10.0 Å². The van der Waals surface area contributed by atoms with Crippen LogP contribution in [-0.2, 0) is 26.0 Å². The van der Waals surface area contributed by atoms with Gasteiger partial charge in [-0.2, -0.15) is 0 Å². The van der Waals surface area contributed by atoms with Crippen molar-refractivity contribution in [2.24, 2.45) is 0 Å². The summed E-state index contributed by atoms with van der Waals surface area (Å²) in [4.78, 5) is 3.91. The van der Waals surface area contributed by atoms with E-state index in [1.807, 2.05) is 0 Å². The Bertz CT molecular complexity index is 1160. The maximum absolute atomic E-state index is 15.1. The lowest BCUT2D eigenvalue weighted by Crippen LogP contribution is -2.33. The van der Waals surface area contributed by atoms with Crippen LogP contribution in [0.4, 0.5) is 4.39 Å². The number of benzene rings is 1. The molecule has 1 unspecified atom stereocenters. The molecule has 0 radical (unpaired) electrons. The molecule has 0 bridgehead atoms. The summed E-state index contributed by atoms with van der Waals surface area (Å²) in [5, 5.41) is 2.98. The number of halogens is 1. The van der Waals surface area contributed by atoms with E-state index in [-0.39, 0.29) is 28.9 Å². The largest absolute Gasteiger partial charge is 0.491 e. The van der Waals surface area contributed by atoms with Gasteiger partial charge < -0.3 is 19.5 Å². The van der Waals surface area contributed by atoms with E-state index in [0.29, 0.717) is 37.7 Å². The van der Waals surface area contributed by atoms with Gasteiger partial charge in [-0.05, 0) is 42.9 Å². The summed E-state index contributed by atoms with van der Waals surface area (Å²) < 4.78 is 59.1. The molecule has 1 fully saturated rings. The van der Waals surface area contributed by atoms with Crippen LogP contribution in [0.5, 0.6) is 5.75 Å². The Balaban J connectivity index is 1.65. The van der Waals surface area contributed by atoms with Crippen molar-refractivity contribution in [3.63, 3.8) is 0 Å². The van der Waals surface area contributed by atoms with Crippen LogP contribution in [0.15, 0.2) is 59.9 Å². The lowest BCUT2D eigenvalue weighted by molar-refractivity contribution is -0.101. The van der Waals surface area contributed by atoms with Gasteiger partial charge in [-0.1, -0.05) is 0 Å². The summed E-state index contributed by atoms with van der Waals surface area (Å²) in [6.45, 7) is 2.13. The van der Waals surface area contributed by atoms with Crippen LogP contribution in [0.3, 0.4) is 0 Å². The summed E-state index contributed by atoms with van der Waals surface area (Å²) >= 11 is 0. The fourth-order valence-corrected chi connectivity index (χ4v) is 4.78. The molecule has 8 nitrogen and oxygen atoms in total. The van der Waals surface area contributed by atoms with Gasteiger partial charge in [0, 0.05) is 36.8 Å². The van der Waals surface area contributed by atoms with E-state index in [9.17, 15) is 8.42 Å². The number of rotatable bonds is 8. The van der Waals surface area contributed by atoms with Crippen LogP contribution < -0.4 is 10.1 Å². The first-order chi connectivity index (χ1) is 15.5. The third-order valence-corrected chi connectivity index (χ3v) is 6.61. The van der Waals surface area contributed by atoms with Crippen LogP contribution in [0.25, 0.3) is 11.3 Å². The number of pyridine rings is 1. The standard InChI is InChI=1S/C22H24FN3O5S/c1-24-11-16-9-22(26(13-16)32(27,28)19-3-2-6-25-12-19)20-5-4-17(10-21(20)23)31-15-18-14-29-7-8-30-18/h2-6,9-10,12-13,18,24H,7-8,11,14-15H2,1H3. The van der Waals surface area contributed by atoms with Crippen molar-refractivity contribution in [3.8, 4) is 17.0 Å². The van der Waals surface area contributed by atoms with Gasteiger partial charge in [0.05, 0.1) is 25.5 Å². The molecule has 3 aromatic rings. The molecule has 2 aromatic heterocycles. The molecule has 1 atom stereocenters. The molecule has 170 valence electrons. The van der Waals surface area contributed by atoms with E-state index in [1.54, 1.807) is 25.2 Å². The first-order valence-electron chi connectivity index (χ1n) is 10.1. The highest BCUT2D eigenvalue weighted by Crippen LogP contribution is 2.31. The normalized spacial score (nSPS) is 16.8. The van der Waals surface area contributed by atoms with E-state index in [0.717, 1.165) is 3.97 Å². The Labute approximate surface area is 186 Å². The molecule has 0 aliphatic carbocycles. The predicted molar refractivity (Wildman–Crippen MR) is 115 cm³/mol. The topological polar surface area (TPSA) is 91.7 Å². The summed E-state index contributed by atoms with van der Waals surface area (Å²) in [7, 11) is -2.22. The van der Waals surface area contributed by atoms with E-state index in [4.69, 9.17) is 14.2 Å². The Morgan fingerprint density at radius 3 is 2.84 bits per heavy atom. The molecular formula is C22H24FN3O5S. The number of nitrogens with one attached hydrogen (secondary N) is 1. The van der Waals surface area contributed by atoms with Crippen molar-refractivity contribution in [1.82, 2.24) is 14.3 Å².